The number of nitrogens with zero attached hydrogens (tertiary/aromatic N) is 3. The second kappa shape index (κ2) is 10.5. The average molecular weight is 269 g/mol. The van der Waals surface area contributed by atoms with Crippen LogP contribution in [-0.4, -0.2) is 84.0 Å². The number of carbonyl (C=O) groups is 1. The van der Waals surface area contributed by atoms with Crippen LogP contribution in [0.5, 0.6) is 0 Å². The molecule has 0 aromatic carbocycles. The third-order valence-corrected chi connectivity index (χ3v) is 2.62. The molecule has 0 radical (unpaired) electrons. The number of rotatable bonds is 1. The molecule has 0 heterocycles. The Bertz CT molecular complexity index is 282. The quantitative estimate of drug-likeness (QED) is 0.660. The van der Waals surface area contributed by atoms with Crippen molar-refractivity contribution in [3.63, 3.8) is 0 Å². The SMILES string of the molecule is CC(=O)N(C)C.CN(C)C.CN(C)S(C)(=O)=O. The molecule has 17 heavy (non-hydrogen) atoms. The Hall–Kier alpha value is -0.660. The van der Waals surface area contributed by atoms with E-state index in [9.17, 15) is 13.2 Å². The van der Waals surface area contributed by atoms with Crippen molar-refractivity contribution in [2.75, 3.05) is 55.6 Å². The fourth-order valence-corrected chi connectivity index (χ4v) is 0. The zero-order valence-corrected chi connectivity index (χ0v) is 13.3. The van der Waals surface area contributed by atoms with E-state index in [4.69, 9.17) is 0 Å². The van der Waals surface area contributed by atoms with Gasteiger partial charge in [-0.2, -0.15) is 0 Å². The van der Waals surface area contributed by atoms with Gasteiger partial charge in [-0.25, -0.2) is 12.7 Å². The van der Waals surface area contributed by atoms with Crippen molar-refractivity contribution in [2.45, 2.75) is 6.92 Å². The Balaban J connectivity index is -0.000000180. The molecule has 0 aromatic rings. The van der Waals surface area contributed by atoms with Crippen molar-refractivity contribution in [1.82, 2.24) is 14.1 Å². The predicted molar refractivity (Wildman–Crippen MR) is 72.5 cm³/mol. The molecule has 0 bridgehead atoms. The highest BCUT2D eigenvalue weighted by atomic mass is 32.2. The van der Waals surface area contributed by atoms with Crippen LogP contribution in [0.1, 0.15) is 6.92 Å². The number of hydrogen-bond acceptors (Lipinski definition) is 4. The molecule has 0 N–H and O–H groups in total. The van der Waals surface area contributed by atoms with Gasteiger partial charge in [0.25, 0.3) is 0 Å². The first-order valence-electron chi connectivity index (χ1n) is 4.98. The maximum atomic E-state index is 10.3. The average Bonchev–Trinajstić information content (AvgIpc) is 2.01. The smallest absolute Gasteiger partial charge is 0.218 e. The minimum atomic E-state index is -2.91. The van der Waals surface area contributed by atoms with Gasteiger partial charge in [0.05, 0.1) is 6.26 Å². The maximum Gasteiger partial charge on any atom is 0.218 e. The molecule has 0 aliphatic rings. The van der Waals surface area contributed by atoms with E-state index < -0.39 is 10.0 Å². The van der Waals surface area contributed by atoms with Gasteiger partial charge in [0.2, 0.25) is 15.9 Å². The van der Waals surface area contributed by atoms with Crippen molar-refractivity contribution in [3.05, 3.63) is 0 Å². The normalized spacial score (nSPS) is 10.1. The van der Waals surface area contributed by atoms with Crippen LogP contribution in [0.15, 0.2) is 0 Å². The number of sulfonamides is 1. The molecule has 0 spiro atoms. The summed E-state index contributed by atoms with van der Waals surface area (Å²) in [6.07, 6.45) is 1.16. The van der Waals surface area contributed by atoms with E-state index >= 15 is 0 Å². The highest BCUT2D eigenvalue weighted by Gasteiger charge is 2.00. The first kappa shape index (κ1) is 21.6. The lowest BCUT2D eigenvalue weighted by atomic mass is 10.7. The largest absolute Gasteiger partial charge is 0.349 e. The lowest BCUT2D eigenvalue weighted by molar-refractivity contribution is -0.126. The van der Waals surface area contributed by atoms with Crippen LogP contribution >= 0.6 is 0 Å². The van der Waals surface area contributed by atoms with Gasteiger partial charge in [0.15, 0.2) is 0 Å². The van der Waals surface area contributed by atoms with Gasteiger partial charge >= 0.3 is 0 Å². The summed E-state index contributed by atoms with van der Waals surface area (Å²) in [7, 11) is 9.53. The lowest BCUT2D eigenvalue weighted by Gasteiger charge is -2.02. The minimum absolute atomic E-state index is 0.0926. The topological polar surface area (TPSA) is 60.9 Å². The molecule has 0 rings (SSSR count). The molecule has 6 nitrogen and oxygen atoms in total. The monoisotopic (exact) mass is 269 g/mol. The van der Waals surface area contributed by atoms with Crippen LogP contribution in [-0.2, 0) is 14.8 Å². The number of hydrogen-bond donors (Lipinski definition) is 0. The Morgan fingerprint density at radius 2 is 1.00 bits per heavy atom. The second-order valence-electron chi connectivity index (χ2n) is 4.30. The van der Waals surface area contributed by atoms with Crippen molar-refractivity contribution < 1.29 is 13.2 Å². The molecule has 7 heteroatoms. The molecule has 0 atom stereocenters. The molecule has 0 aliphatic carbocycles. The standard InChI is InChI=1S/C4H9NO.C3H9NO2S.C3H9N/c1-4(6)5(2)3;1-4(2)7(3,5)6;1-4(2)3/h1-3H3;1-3H3;1-3H3. The fraction of sp³-hybridized carbons (Fsp3) is 0.900. The van der Waals surface area contributed by atoms with E-state index in [1.165, 1.54) is 25.9 Å². The van der Waals surface area contributed by atoms with Crippen LogP contribution in [0.25, 0.3) is 0 Å². The van der Waals surface area contributed by atoms with Crippen LogP contribution in [0.4, 0.5) is 0 Å². The van der Waals surface area contributed by atoms with Gasteiger partial charge in [-0.15, -0.1) is 0 Å². The molecule has 106 valence electrons. The molecule has 0 unspecified atom stereocenters. The summed E-state index contributed by atoms with van der Waals surface area (Å²) in [6.45, 7) is 1.53. The van der Waals surface area contributed by atoms with Gasteiger partial charge in [-0.05, 0) is 21.1 Å². The first-order valence-corrected chi connectivity index (χ1v) is 6.83. The van der Waals surface area contributed by atoms with E-state index in [0.717, 1.165) is 10.6 Å². The van der Waals surface area contributed by atoms with Gasteiger partial charge < -0.3 is 9.80 Å². The highest BCUT2D eigenvalue weighted by molar-refractivity contribution is 7.88. The predicted octanol–water partition coefficient (Wildman–Crippen LogP) is -0.220. The molecule has 0 aromatic heterocycles. The minimum Gasteiger partial charge on any atom is -0.349 e. The van der Waals surface area contributed by atoms with Gasteiger partial charge in [-0.3, -0.25) is 4.79 Å². The molecule has 0 aliphatic heterocycles. The summed E-state index contributed by atoms with van der Waals surface area (Å²) in [6, 6.07) is 0. The van der Waals surface area contributed by atoms with Crippen LogP contribution in [0.3, 0.4) is 0 Å². The zero-order valence-electron chi connectivity index (χ0n) is 12.5. The first-order chi connectivity index (χ1) is 7.32. The number of amides is 1. The Kier molecular flexibility index (Phi) is 13.3. The summed E-state index contributed by atoms with van der Waals surface area (Å²) < 4.78 is 21.7. The fourth-order valence-electron chi connectivity index (χ4n) is 0. The summed E-state index contributed by atoms with van der Waals surface area (Å²) in [5.74, 6) is 0.0926. The van der Waals surface area contributed by atoms with E-state index in [1.807, 2.05) is 26.0 Å². The molecular weight excluding hydrogens is 242 g/mol. The van der Waals surface area contributed by atoms with Crippen LogP contribution < -0.4 is 0 Å². The summed E-state index contributed by atoms with van der Waals surface area (Å²) in [5.41, 5.74) is 0. The molecule has 0 fully saturated rings. The number of carbonyl (C=O) groups excluding carboxylic acids is 1. The molecule has 0 saturated carbocycles. The van der Waals surface area contributed by atoms with Gasteiger partial charge in [0.1, 0.15) is 0 Å². The van der Waals surface area contributed by atoms with E-state index in [-0.39, 0.29) is 5.91 Å². The summed E-state index contributed by atoms with van der Waals surface area (Å²) in [4.78, 5) is 13.6. The van der Waals surface area contributed by atoms with Gasteiger partial charge in [-0.1, -0.05) is 0 Å². The molecular formula is C10H27N3O3S. The summed E-state index contributed by atoms with van der Waals surface area (Å²) >= 11 is 0. The van der Waals surface area contributed by atoms with Crippen molar-refractivity contribution in [2.24, 2.45) is 0 Å². The second-order valence-corrected chi connectivity index (χ2v) is 6.50. The maximum absolute atomic E-state index is 10.3. The highest BCUT2D eigenvalue weighted by Crippen LogP contribution is 1.83. The lowest BCUT2D eigenvalue weighted by Crippen LogP contribution is -2.19. The van der Waals surface area contributed by atoms with E-state index in [1.54, 1.807) is 14.1 Å². The third kappa shape index (κ3) is 31.3. The van der Waals surface area contributed by atoms with Crippen LogP contribution in [0, 0.1) is 0 Å². The Morgan fingerprint density at radius 3 is 1.00 bits per heavy atom. The van der Waals surface area contributed by atoms with Crippen molar-refractivity contribution >= 4 is 15.9 Å². The molecule has 0 saturated heterocycles. The Labute approximate surface area is 106 Å². The van der Waals surface area contributed by atoms with Crippen molar-refractivity contribution in [3.8, 4) is 0 Å². The summed E-state index contributed by atoms with van der Waals surface area (Å²) in [5, 5.41) is 0. The van der Waals surface area contributed by atoms with E-state index in [0.29, 0.717) is 0 Å². The van der Waals surface area contributed by atoms with Crippen LogP contribution in [0.2, 0.25) is 0 Å². The zero-order chi connectivity index (χ0) is 14.8. The van der Waals surface area contributed by atoms with Crippen molar-refractivity contribution in [1.29, 1.82) is 0 Å². The van der Waals surface area contributed by atoms with Gasteiger partial charge in [0, 0.05) is 35.1 Å². The molecule has 1 amide bonds. The third-order valence-electron chi connectivity index (χ3n) is 1.29. The van der Waals surface area contributed by atoms with E-state index in [2.05, 4.69) is 0 Å². The Morgan fingerprint density at radius 1 is 0.882 bits per heavy atom.